The fraction of sp³-hybridized carbons (Fsp3) is 0.250. The van der Waals surface area contributed by atoms with Crippen molar-refractivity contribution in [3.63, 3.8) is 0 Å². The van der Waals surface area contributed by atoms with Crippen LogP contribution in [0.1, 0.15) is 18.4 Å². The van der Waals surface area contributed by atoms with Crippen LogP contribution in [0.15, 0.2) is 52.4 Å². The molecule has 0 unspecified atom stereocenters. The Morgan fingerprint density at radius 3 is 2.50 bits per heavy atom. The summed E-state index contributed by atoms with van der Waals surface area (Å²) in [6.07, 6.45) is -3.21. The van der Waals surface area contributed by atoms with Crippen molar-refractivity contribution in [3.8, 4) is 11.4 Å². The van der Waals surface area contributed by atoms with E-state index in [1.165, 1.54) is 30.3 Å². The minimum absolute atomic E-state index is 0.00102. The first-order valence-corrected chi connectivity index (χ1v) is 11.3. The van der Waals surface area contributed by atoms with Crippen molar-refractivity contribution in [1.82, 2.24) is 9.55 Å². The molecule has 1 heterocycles. The van der Waals surface area contributed by atoms with Gasteiger partial charge in [-0.3, -0.25) is 4.79 Å². The molecule has 1 amide bonds. The molecular formula is C20H20F3N5O3S. The Hall–Kier alpha value is -3.41. The van der Waals surface area contributed by atoms with E-state index in [1.807, 2.05) is 0 Å². The van der Waals surface area contributed by atoms with Crippen molar-refractivity contribution in [1.29, 1.82) is 0 Å². The summed E-state index contributed by atoms with van der Waals surface area (Å²) in [6, 6.07) is 8.97. The van der Waals surface area contributed by atoms with Crippen molar-refractivity contribution in [3.05, 3.63) is 48.0 Å². The smallest absolute Gasteiger partial charge is 0.370 e. The zero-order valence-electron chi connectivity index (χ0n) is 16.9. The van der Waals surface area contributed by atoms with Gasteiger partial charge >= 0.3 is 6.18 Å². The van der Waals surface area contributed by atoms with E-state index < -0.39 is 27.5 Å². The number of aryl methyl sites for hydroxylation is 1. The number of carbonyl (C=O) groups is 1. The summed E-state index contributed by atoms with van der Waals surface area (Å²) >= 11 is 0. The molecule has 0 bridgehead atoms. The number of hydrogen-bond donors (Lipinski definition) is 2. The van der Waals surface area contributed by atoms with E-state index in [9.17, 15) is 26.4 Å². The van der Waals surface area contributed by atoms with E-state index in [2.05, 4.69) is 9.98 Å². The normalized spacial score (nSPS) is 12.1. The van der Waals surface area contributed by atoms with Gasteiger partial charge in [0.15, 0.2) is 15.8 Å². The van der Waals surface area contributed by atoms with Crippen LogP contribution in [-0.2, 0) is 27.4 Å². The second-order valence-electron chi connectivity index (χ2n) is 7.12. The molecule has 2 aromatic carbocycles. The molecule has 32 heavy (non-hydrogen) atoms. The largest absolute Gasteiger partial charge is 0.416 e. The number of imidazole rings is 1. The topological polar surface area (TPSA) is 133 Å². The van der Waals surface area contributed by atoms with Gasteiger partial charge in [0.1, 0.15) is 5.82 Å². The Morgan fingerprint density at radius 2 is 1.88 bits per heavy atom. The van der Waals surface area contributed by atoms with Crippen LogP contribution in [0.5, 0.6) is 0 Å². The van der Waals surface area contributed by atoms with Crippen LogP contribution in [-0.4, -0.2) is 36.1 Å². The Morgan fingerprint density at radius 1 is 1.16 bits per heavy atom. The number of sulfone groups is 1. The summed E-state index contributed by atoms with van der Waals surface area (Å²) in [6.45, 7) is 0.214. The lowest BCUT2D eigenvalue weighted by Crippen LogP contribution is -2.24. The number of alkyl halides is 3. The Balaban J connectivity index is 2.08. The third kappa shape index (κ3) is 5.25. The van der Waals surface area contributed by atoms with E-state index in [4.69, 9.17) is 11.5 Å². The maximum atomic E-state index is 13.2. The fourth-order valence-corrected chi connectivity index (χ4v) is 3.85. The van der Waals surface area contributed by atoms with Crippen LogP contribution in [0.25, 0.3) is 22.4 Å². The third-order valence-electron chi connectivity index (χ3n) is 4.62. The number of fused-ring (bicyclic) bond motifs is 1. The number of rotatable bonds is 6. The lowest BCUT2D eigenvalue weighted by atomic mass is 10.1. The zero-order chi connectivity index (χ0) is 23.7. The number of benzene rings is 2. The van der Waals surface area contributed by atoms with Gasteiger partial charge < -0.3 is 16.0 Å². The molecule has 1 aromatic heterocycles. The van der Waals surface area contributed by atoms with Gasteiger partial charge in [-0.05, 0) is 36.8 Å². The van der Waals surface area contributed by atoms with Crippen LogP contribution >= 0.6 is 0 Å². The van der Waals surface area contributed by atoms with Crippen molar-refractivity contribution >= 4 is 32.7 Å². The summed E-state index contributed by atoms with van der Waals surface area (Å²) < 4.78 is 65.0. The minimum atomic E-state index is -4.54. The number of guanidine groups is 1. The molecule has 0 radical (unpaired) electrons. The molecule has 3 rings (SSSR count). The molecule has 0 saturated heterocycles. The molecule has 0 aliphatic rings. The van der Waals surface area contributed by atoms with Gasteiger partial charge in [-0.1, -0.05) is 12.1 Å². The van der Waals surface area contributed by atoms with Crippen LogP contribution in [0, 0.1) is 0 Å². The monoisotopic (exact) mass is 467 g/mol. The molecular weight excluding hydrogens is 447 g/mol. The van der Waals surface area contributed by atoms with Crippen LogP contribution < -0.4 is 11.5 Å². The quantitative estimate of drug-likeness (QED) is 0.423. The number of carbonyl (C=O) groups excluding carboxylic acids is 1. The highest BCUT2D eigenvalue weighted by Gasteiger charge is 2.31. The molecule has 4 N–H and O–H groups in total. The van der Waals surface area contributed by atoms with Crippen molar-refractivity contribution in [2.75, 3.05) is 6.26 Å². The summed E-state index contributed by atoms with van der Waals surface area (Å²) in [7, 11) is -3.51. The molecule has 8 nitrogen and oxygen atoms in total. The Bertz CT molecular complexity index is 1310. The molecule has 3 aromatic rings. The average Bonchev–Trinajstić information content (AvgIpc) is 3.04. The Kier molecular flexibility index (Phi) is 6.26. The van der Waals surface area contributed by atoms with Crippen LogP contribution in [0.2, 0.25) is 0 Å². The number of nitrogens with zero attached hydrogens (tertiary/aromatic N) is 3. The lowest BCUT2D eigenvalue weighted by Gasteiger charge is -2.11. The maximum Gasteiger partial charge on any atom is 0.416 e. The van der Waals surface area contributed by atoms with Gasteiger partial charge in [0.05, 0.1) is 21.5 Å². The second kappa shape index (κ2) is 8.61. The predicted molar refractivity (Wildman–Crippen MR) is 113 cm³/mol. The number of halogens is 3. The first kappa shape index (κ1) is 23.3. The standard InChI is InChI=1S/C20H20F3N5O3S/c1-32(30,31)14-7-8-16-15(11-14)26-18(12-4-2-5-13(10-12)20(21,22)23)28(16)9-3-6-17(29)27-19(24)25/h2,4-5,7-8,10-11H,3,6,9H2,1H3,(H4,24,25,27,29). The third-order valence-corrected chi connectivity index (χ3v) is 5.73. The van der Waals surface area contributed by atoms with Gasteiger partial charge in [0.25, 0.3) is 0 Å². The lowest BCUT2D eigenvalue weighted by molar-refractivity contribution is -0.137. The van der Waals surface area contributed by atoms with Gasteiger partial charge in [0.2, 0.25) is 5.91 Å². The number of hydrogen-bond acceptors (Lipinski definition) is 4. The SMILES string of the molecule is CS(=O)(=O)c1ccc2c(c1)nc(-c1cccc(C(F)(F)F)c1)n2CCCC(=O)N=C(N)N. The number of amides is 1. The molecule has 0 aliphatic carbocycles. The fourth-order valence-electron chi connectivity index (χ4n) is 3.21. The molecule has 0 atom stereocenters. The molecule has 0 spiro atoms. The number of nitrogens with two attached hydrogens (primary N) is 2. The molecule has 170 valence electrons. The Labute approximate surface area is 181 Å². The van der Waals surface area contributed by atoms with Gasteiger partial charge in [-0.2, -0.15) is 18.2 Å². The highest BCUT2D eigenvalue weighted by molar-refractivity contribution is 7.90. The first-order chi connectivity index (χ1) is 14.9. The summed E-state index contributed by atoms with van der Waals surface area (Å²) in [4.78, 5) is 19.6. The van der Waals surface area contributed by atoms with Crippen molar-refractivity contribution in [2.24, 2.45) is 16.5 Å². The van der Waals surface area contributed by atoms with E-state index in [-0.39, 0.29) is 41.6 Å². The first-order valence-electron chi connectivity index (χ1n) is 9.36. The number of aliphatic imine (C=N–C) groups is 1. The summed E-state index contributed by atoms with van der Waals surface area (Å²) in [5.74, 6) is -0.679. The minimum Gasteiger partial charge on any atom is -0.370 e. The highest BCUT2D eigenvalue weighted by atomic mass is 32.2. The number of aromatic nitrogens is 2. The van der Waals surface area contributed by atoms with Gasteiger partial charge in [0, 0.05) is 24.8 Å². The van der Waals surface area contributed by atoms with E-state index in [1.54, 1.807) is 4.57 Å². The molecule has 0 aliphatic heterocycles. The van der Waals surface area contributed by atoms with Gasteiger partial charge in [-0.25, -0.2) is 13.4 Å². The predicted octanol–water partition coefficient (Wildman–Crippen LogP) is 2.71. The van der Waals surface area contributed by atoms with E-state index >= 15 is 0 Å². The van der Waals surface area contributed by atoms with Crippen LogP contribution in [0.4, 0.5) is 13.2 Å². The van der Waals surface area contributed by atoms with Crippen LogP contribution in [0.3, 0.4) is 0 Å². The average molecular weight is 467 g/mol. The maximum absolute atomic E-state index is 13.2. The molecule has 12 heteroatoms. The van der Waals surface area contributed by atoms with Crippen molar-refractivity contribution < 1.29 is 26.4 Å². The second-order valence-corrected chi connectivity index (χ2v) is 9.14. The molecule has 0 fully saturated rings. The van der Waals surface area contributed by atoms with Gasteiger partial charge in [-0.15, -0.1) is 0 Å². The zero-order valence-corrected chi connectivity index (χ0v) is 17.7. The van der Waals surface area contributed by atoms with E-state index in [0.29, 0.717) is 11.0 Å². The molecule has 0 saturated carbocycles. The highest BCUT2D eigenvalue weighted by Crippen LogP contribution is 2.33. The van der Waals surface area contributed by atoms with Crippen molar-refractivity contribution in [2.45, 2.75) is 30.5 Å². The van der Waals surface area contributed by atoms with E-state index in [0.717, 1.165) is 18.4 Å². The summed E-state index contributed by atoms with van der Waals surface area (Å²) in [5, 5.41) is 0. The summed E-state index contributed by atoms with van der Waals surface area (Å²) in [5.41, 5.74) is 10.5.